The number of amides is 2. The summed E-state index contributed by atoms with van der Waals surface area (Å²) in [6, 6.07) is 2.38. The average Bonchev–Trinajstić information content (AvgIpc) is 2.76. The molecule has 9 nitrogen and oxygen atoms in total. The van der Waals surface area contributed by atoms with Crippen molar-refractivity contribution in [1.82, 2.24) is 15.2 Å². The molecule has 174 valence electrons. The van der Waals surface area contributed by atoms with Gasteiger partial charge in [-0.15, -0.1) is 0 Å². The molecule has 0 bridgehead atoms. The van der Waals surface area contributed by atoms with Gasteiger partial charge in [-0.2, -0.15) is 5.26 Å². The van der Waals surface area contributed by atoms with Crippen molar-refractivity contribution in [2.24, 2.45) is 0 Å². The first-order valence-electron chi connectivity index (χ1n) is 11.2. The number of aliphatic hydroxyl groups excluding tert-OH is 1. The molecule has 9 heteroatoms. The molecule has 1 aromatic heterocycles. The Kier molecular flexibility index (Phi) is 7.36. The highest BCUT2D eigenvalue weighted by molar-refractivity contribution is 6.35. The van der Waals surface area contributed by atoms with Crippen LogP contribution in [0.25, 0.3) is 0 Å². The summed E-state index contributed by atoms with van der Waals surface area (Å²) in [5.74, 6) is -0.373. The number of nitrogens with zero attached hydrogens (tertiary/aromatic N) is 4. The Balaban J connectivity index is 1.81. The zero-order chi connectivity index (χ0) is 23.5. The quantitative estimate of drug-likeness (QED) is 0.516. The van der Waals surface area contributed by atoms with Crippen LogP contribution in [-0.4, -0.2) is 71.7 Å². The minimum atomic E-state index is -0.652. The number of carbonyl (C=O) groups is 2. The molecular formula is C23H33N5O4. The van der Waals surface area contributed by atoms with Gasteiger partial charge in [0.1, 0.15) is 11.9 Å². The maximum absolute atomic E-state index is 12.4. The minimum absolute atomic E-state index is 0.0379. The lowest BCUT2D eigenvalue weighted by Crippen LogP contribution is -2.53. The third kappa shape index (κ3) is 5.03. The number of rotatable bonds is 5. The molecular weight excluding hydrogens is 410 g/mol. The Bertz CT molecular complexity index is 914. The summed E-state index contributed by atoms with van der Waals surface area (Å²) in [5, 5.41) is 21.4. The number of ether oxygens (including phenoxy) is 1. The summed E-state index contributed by atoms with van der Waals surface area (Å²) in [6.07, 6.45) is 1.06. The Morgan fingerprint density at radius 3 is 2.53 bits per heavy atom. The molecule has 32 heavy (non-hydrogen) atoms. The lowest BCUT2D eigenvalue weighted by atomic mass is 9.86. The monoisotopic (exact) mass is 443 g/mol. The zero-order valence-electron chi connectivity index (χ0n) is 19.4. The van der Waals surface area contributed by atoms with Crippen LogP contribution in [-0.2, 0) is 27.4 Å². The molecule has 2 N–H and O–H groups in total. The van der Waals surface area contributed by atoms with Crippen LogP contribution < -0.4 is 10.2 Å². The van der Waals surface area contributed by atoms with Crippen molar-refractivity contribution in [3.8, 4) is 6.07 Å². The SMILES string of the molecule is CC(C)c1nc(N2CCN(C(=O)C(=O)NCCCO)CC2)c(C#N)c2c1COC(C)(C)C2. The molecule has 2 aliphatic rings. The Labute approximate surface area is 189 Å². The first-order valence-corrected chi connectivity index (χ1v) is 11.2. The van der Waals surface area contributed by atoms with Crippen molar-refractivity contribution in [2.75, 3.05) is 44.2 Å². The number of piperazine rings is 1. The molecule has 0 saturated carbocycles. The zero-order valence-corrected chi connectivity index (χ0v) is 19.4. The van der Waals surface area contributed by atoms with E-state index < -0.39 is 11.8 Å². The maximum atomic E-state index is 12.4. The summed E-state index contributed by atoms with van der Waals surface area (Å²) < 4.78 is 6.01. The van der Waals surface area contributed by atoms with E-state index in [1.54, 1.807) is 0 Å². The molecule has 0 atom stereocenters. The van der Waals surface area contributed by atoms with E-state index >= 15 is 0 Å². The number of aliphatic hydroxyl groups is 1. The smallest absolute Gasteiger partial charge is 0.312 e. The molecule has 2 aliphatic heterocycles. The third-order valence-corrected chi connectivity index (χ3v) is 5.97. The van der Waals surface area contributed by atoms with E-state index in [0.717, 1.165) is 16.8 Å². The van der Waals surface area contributed by atoms with Crippen LogP contribution in [0.5, 0.6) is 0 Å². The molecule has 1 fully saturated rings. The van der Waals surface area contributed by atoms with Gasteiger partial charge in [0.15, 0.2) is 0 Å². The number of anilines is 1. The van der Waals surface area contributed by atoms with Crippen molar-refractivity contribution in [3.05, 3.63) is 22.4 Å². The maximum Gasteiger partial charge on any atom is 0.312 e. The van der Waals surface area contributed by atoms with Gasteiger partial charge < -0.3 is 25.0 Å². The molecule has 0 aromatic carbocycles. The van der Waals surface area contributed by atoms with E-state index in [2.05, 4.69) is 25.2 Å². The van der Waals surface area contributed by atoms with E-state index in [0.29, 0.717) is 57.0 Å². The lowest BCUT2D eigenvalue weighted by Gasteiger charge is -2.38. The number of nitrogens with one attached hydrogen (secondary N) is 1. The van der Waals surface area contributed by atoms with E-state index in [-0.39, 0.29) is 24.7 Å². The van der Waals surface area contributed by atoms with Crippen LogP contribution in [0.3, 0.4) is 0 Å². The van der Waals surface area contributed by atoms with E-state index in [1.165, 1.54) is 4.90 Å². The van der Waals surface area contributed by atoms with Gasteiger partial charge in [-0.25, -0.2) is 4.98 Å². The van der Waals surface area contributed by atoms with E-state index in [4.69, 9.17) is 14.8 Å². The second-order valence-corrected chi connectivity index (χ2v) is 9.26. The van der Waals surface area contributed by atoms with Crippen LogP contribution in [0.4, 0.5) is 5.82 Å². The summed E-state index contributed by atoms with van der Waals surface area (Å²) in [5.41, 5.74) is 3.22. The fraction of sp³-hybridized carbons (Fsp3) is 0.652. The minimum Gasteiger partial charge on any atom is -0.396 e. The molecule has 0 unspecified atom stereocenters. The van der Waals surface area contributed by atoms with E-state index in [9.17, 15) is 14.9 Å². The second-order valence-electron chi connectivity index (χ2n) is 9.26. The molecule has 2 amide bonds. The molecule has 3 heterocycles. The highest BCUT2D eigenvalue weighted by Crippen LogP contribution is 2.37. The van der Waals surface area contributed by atoms with Crippen LogP contribution in [0.15, 0.2) is 0 Å². The van der Waals surface area contributed by atoms with Crippen LogP contribution in [0, 0.1) is 11.3 Å². The van der Waals surface area contributed by atoms with Gasteiger partial charge in [0.25, 0.3) is 0 Å². The predicted molar refractivity (Wildman–Crippen MR) is 119 cm³/mol. The van der Waals surface area contributed by atoms with Crippen molar-refractivity contribution >= 4 is 17.6 Å². The fourth-order valence-electron chi connectivity index (χ4n) is 4.22. The Morgan fingerprint density at radius 1 is 1.25 bits per heavy atom. The number of carbonyl (C=O) groups excluding carboxylic acids is 2. The molecule has 0 aliphatic carbocycles. The number of aromatic nitrogens is 1. The lowest BCUT2D eigenvalue weighted by molar-refractivity contribution is -0.146. The van der Waals surface area contributed by atoms with Crippen molar-refractivity contribution in [2.45, 2.75) is 58.7 Å². The molecule has 1 aromatic rings. The van der Waals surface area contributed by atoms with Crippen LogP contribution in [0.1, 0.15) is 62.4 Å². The molecule has 0 spiro atoms. The second kappa shape index (κ2) is 9.84. The van der Waals surface area contributed by atoms with Gasteiger partial charge >= 0.3 is 11.8 Å². The van der Waals surface area contributed by atoms with E-state index in [1.807, 2.05) is 18.7 Å². The van der Waals surface area contributed by atoms with Gasteiger partial charge in [0.05, 0.1) is 23.5 Å². The predicted octanol–water partition coefficient (Wildman–Crippen LogP) is 1.08. The van der Waals surface area contributed by atoms with Gasteiger partial charge in [-0.3, -0.25) is 9.59 Å². The normalized spacial score (nSPS) is 17.7. The number of nitriles is 1. The van der Waals surface area contributed by atoms with Crippen molar-refractivity contribution in [1.29, 1.82) is 5.26 Å². The average molecular weight is 444 g/mol. The van der Waals surface area contributed by atoms with Gasteiger partial charge in [0.2, 0.25) is 0 Å². The number of pyridine rings is 1. The Hall–Kier alpha value is -2.70. The molecule has 3 rings (SSSR count). The van der Waals surface area contributed by atoms with Crippen molar-refractivity contribution < 1.29 is 19.4 Å². The van der Waals surface area contributed by atoms with Crippen LogP contribution in [0.2, 0.25) is 0 Å². The third-order valence-electron chi connectivity index (χ3n) is 5.97. The van der Waals surface area contributed by atoms with Crippen LogP contribution >= 0.6 is 0 Å². The number of fused-ring (bicyclic) bond motifs is 1. The summed E-state index contributed by atoms with van der Waals surface area (Å²) in [4.78, 5) is 32.9. The van der Waals surface area contributed by atoms with Gasteiger partial charge in [0, 0.05) is 51.3 Å². The standard InChI is InChI=1S/C23H33N5O4/c1-15(2)19-18-14-32-23(3,4)12-16(18)17(13-24)20(26-19)27-7-9-28(10-8-27)22(31)21(30)25-6-5-11-29/h15,29H,5-12,14H2,1-4H3,(H,25,30). The molecule has 1 saturated heterocycles. The summed E-state index contributed by atoms with van der Waals surface area (Å²) in [7, 11) is 0. The number of hydrogen-bond acceptors (Lipinski definition) is 7. The highest BCUT2D eigenvalue weighted by Gasteiger charge is 2.34. The summed E-state index contributed by atoms with van der Waals surface area (Å²) >= 11 is 0. The highest BCUT2D eigenvalue weighted by atomic mass is 16.5. The van der Waals surface area contributed by atoms with Gasteiger partial charge in [-0.05, 0) is 31.7 Å². The topological polar surface area (TPSA) is 119 Å². The van der Waals surface area contributed by atoms with Crippen molar-refractivity contribution in [3.63, 3.8) is 0 Å². The summed E-state index contributed by atoms with van der Waals surface area (Å²) in [6.45, 7) is 10.7. The first-order chi connectivity index (χ1) is 15.2. The largest absolute Gasteiger partial charge is 0.396 e. The first kappa shape index (κ1) is 24.0. The molecule has 0 radical (unpaired) electrons. The number of hydrogen-bond donors (Lipinski definition) is 2. The fourth-order valence-corrected chi connectivity index (χ4v) is 4.22. The Morgan fingerprint density at radius 2 is 1.94 bits per heavy atom. The van der Waals surface area contributed by atoms with Gasteiger partial charge in [-0.1, -0.05) is 13.8 Å².